The number of nitrogens with zero attached hydrogens (tertiary/aromatic N) is 1. The van der Waals surface area contributed by atoms with E-state index >= 15 is 0 Å². The van der Waals surface area contributed by atoms with Crippen molar-refractivity contribution >= 4 is 10.0 Å². The fourth-order valence-electron chi connectivity index (χ4n) is 2.55. The lowest BCUT2D eigenvalue weighted by atomic mass is 10.1. The minimum atomic E-state index is -3.35. The molecule has 2 rings (SSSR count). The molecule has 1 saturated heterocycles. The van der Waals surface area contributed by atoms with Crippen molar-refractivity contribution in [2.75, 3.05) is 6.54 Å². The van der Waals surface area contributed by atoms with Crippen LogP contribution in [-0.4, -0.2) is 36.3 Å². The molecule has 114 valence electrons. The summed E-state index contributed by atoms with van der Waals surface area (Å²) in [5, 5.41) is 3.28. The molecule has 0 aromatic carbocycles. The van der Waals surface area contributed by atoms with Gasteiger partial charge in [0.2, 0.25) is 10.0 Å². The molecule has 0 spiro atoms. The van der Waals surface area contributed by atoms with Gasteiger partial charge in [-0.2, -0.15) is 4.31 Å². The lowest BCUT2D eigenvalue weighted by Crippen LogP contribution is -2.41. The van der Waals surface area contributed by atoms with Crippen LogP contribution in [0.1, 0.15) is 45.7 Å². The highest BCUT2D eigenvalue weighted by molar-refractivity contribution is 7.89. The second-order valence-electron chi connectivity index (χ2n) is 5.86. The molecule has 0 saturated carbocycles. The number of aromatic amines is 1. The zero-order valence-corrected chi connectivity index (χ0v) is 13.3. The Balaban J connectivity index is 2.13. The highest BCUT2D eigenvalue weighted by Crippen LogP contribution is 2.25. The van der Waals surface area contributed by atoms with Crippen molar-refractivity contribution in [1.29, 1.82) is 0 Å². The molecule has 1 aliphatic rings. The van der Waals surface area contributed by atoms with E-state index < -0.39 is 10.0 Å². The zero-order chi connectivity index (χ0) is 14.8. The molecule has 0 amide bonds. The Bertz CT molecular complexity index is 536. The predicted molar refractivity (Wildman–Crippen MR) is 80.0 cm³/mol. The van der Waals surface area contributed by atoms with Crippen LogP contribution in [0.25, 0.3) is 0 Å². The monoisotopic (exact) mass is 299 g/mol. The highest BCUT2D eigenvalue weighted by Gasteiger charge is 2.31. The fraction of sp³-hybridized carbons (Fsp3) is 0.714. The number of aromatic nitrogens is 1. The summed E-state index contributed by atoms with van der Waals surface area (Å²) in [5.41, 5.74) is 0.905. The first-order chi connectivity index (χ1) is 9.41. The fourth-order valence-corrected chi connectivity index (χ4v) is 4.27. The van der Waals surface area contributed by atoms with Crippen molar-refractivity contribution in [1.82, 2.24) is 14.6 Å². The number of nitrogens with one attached hydrogen (secondary N) is 2. The van der Waals surface area contributed by atoms with E-state index in [0.29, 0.717) is 24.0 Å². The van der Waals surface area contributed by atoms with Gasteiger partial charge in [0.15, 0.2) is 0 Å². The van der Waals surface area contributed by atoms with E-state index in [-0.39, 0.29) is 6.04 Å². The van der Waals surface area contributed by atoms with Crippen LogP contribution in [0.4, 0.5) is 0 Å². The van der Waals surface area contributed by atoms with Crippen molar-refractivity contribution in [2.45, 2.75) is 63.6 Å². The molecule has 20 heavy (non-hydrogen) atoms. The predicted octanol–water partition coefficient (Wildman–Crippen LogP) is 2.08. The Kier molecular flexibility index (Phi) is 4.88. The van der Waals surface area contributed by atoms with Crippen LogP contribution >= 0.6 is 0 Å². The molecule has 1 aliphatic heterocycles. The van der Waals surface area contributed by atoms with Crippen molar-refractivity contribution in [2.24, 2.45) is 0 Å². The van der Waals surface area contributed by atoms with Crippen molar-refractivity contribution in [3.8, 4) is 0 Å². The molecule has 1 fully saturated rings. The van der Waals surface area contributed by atoms with Crippen LogP contribution in [0.15, 0.2) is 17.2 Å². The summed E-state index contributed by atoms with van der Waals surface area (Å²) in [4.78, 5) is 3.43. The Morgan fingerprint density at radius 1 is 1.45 bits per heavy atom. The number of hydrogen-bond acceptors (Lipinski definition) is 3. The van der Waals surface area contributed by atoms with Crippen LogP contribution in [0, 0.1) is 0 Å². The largest absolute Gasteiger partial charge is 0.363 e. The summed E-state index contributed by atoms with van der Waals surface area (Å²) in [6, 6.07) is 2.22. The van der Waals surface area contributed by atoms with E-state index in [4.69, 9.17) is 0 Å². The Morgan fingerprint density at radius 2 is 2.20 bits per heavy atom. The number of piperidine rings is 1. The molecule has 6 heteroatoms. The van der Waals surface area contributed by atoms with Gasteiger partial charge in [0.25, 0.3) is 0 Å². The van der Waals surface area contributed by atoms with Gasteiger partial charge >= 0.3 is 0 Å². The molecule has 5 nitrogen and oxygen atoms in total. The van der Waals surface area contributed by atoms with Gasteiger partial charge in [0.05, 0.1) is 4.90 Å². The second-order valence-corrected chi connectivity index (χ2v) is 7.75. The normalized spacial score (nSPS) is 21.5. The van der Waals surface area contributed by atoms with Crippen molar-refractivity contribution in [3.05, 3.63) is 18.0 Å². The van der Waals surface area contributed by atoms with Gasteiger partial charge in [-0.25, -0.2) is 8.42 Å². The first kappa shape index (κ1) is 15.5. The van der Waals surface area contributed by atoms with Crippen molar-refractivity contribution in [3.63, 3.8) is 0 Å². The highest BCUT2D eigenvalue weighted by atomic mass is 32.2. The molecular weight excluding hydrogens is 274 g/mol. The standard InChI is InChI=1S/C14H25N3O2S/c1-11(2)15-9-13-8-14(10-16-13)20(18,19)17-7-5-4-6-12(17)3/h8,10-12,15-16H,4-7,9H2,1-3H3. The number of hydrogen-bond donors (Lipinski definition) is 2. The summed E-state index contributed by atoms with van der Waals surface area (Å²) in [6.45, 7) is 7.41. The summed E-state index contributed by atoms with van der Waals surface area (Å²) in [5.74, 6) is 0. The maximum Gasteiger partial charge on any atom is 0.244 e. The van der Waals surface area contributed by atoms with Gasteiger partial charge in [0.1, 0.15) is 0 Å². The summed E-state index contributed by atoms with van der Waals surface area (Å²) in [6.07, 6.45) is 4.62. The zero-order valence-electron chi connectivity index (χ0n) is 12.5. The smallest absolute Gasteiger partial charge is 0.244 e. The topological polar surface area (TPSA) is 65.2 Å². The van der Waals surface area contributed by atoms with Crippen LogP contribution in [0.3, 0.4) is 0 Å². The molecule has 1 atom stereocenters. The third kappa shape index (κ3) is 3.42. The quantitative estimate of drug-likeness (QED) is 0.875. The maximum atomic E-state index is 12.6. The molecule has 1 aromatic heterocycles. The van der Waals surface area contributed by atoms with E-state index in [1.807, 2.05) is 6.92 Å². The van der Waals surface area contributed by atoms with Crippen molar-refractivity contribution < 1.29 is 8.42 Å². The molecule has 0 aliphatic carbocycles. The van der Waals surface area contributed by atoms with Gasteiger partial charge in [-0.1, -0.05) is 20.3 Å². The van der Waals surface area contributed by atoms with E-state index in [2.05, 4.69) is 24.1 Å². The Labute approximate surface area is 121 Å². The average molecular weight is 299 g/mol. The maximum absolute atomic E-state index is 12.6. The lowest BCUT2D eigenvalue weighted by molar-refractivity contribution is 0.268. The number of rotatable bonds is 5. The molecule has 0 bridgehead atoms. The summed E-state index contributed by atoms with van der Waals surface area (Å²) >= 11 is 0. The molecule has 1 unspecified atom stereocenters. The molecular formula is C14H25N3O2S. The van der Waals surface area contributed by atoms with Crippen LogP contribution in [0.5, 0.6) is 0 Å². The molecule has 1 aromatic rings. The van der Waals surface area contributed by atoms with E-state index in [9.17, 15) is 8.42 Å². The number of sulfonamides is 1. The van der Waals surface area contributed by atoms with Crippen LogP contribution in [-0.2, 0) is 16.6 Å². The van der Waals surface area contributed by atoms with E-state index in [1.165, 1.54) is 0 Å². The Morgan fingerprint density at radius 3 is 2.85 bits per heavy atom. The SMILES string of the molecule is CC(C)NCc1cc(S(=O)(=O)N2CCCCC2C)c[nH]1. The molecule has 2 N–H and O–H groups in total. The van der Waals surface area contributed by atoms with Gasteiger partial charge in [-0.3, -0.25) is 0 Å². The second kappa shape index (κ2) is 6.28. The summed E-state index contributed by atoms with van der Waals surface area (Å²) in [7, 11) is -3.35. The Hall–Kier alpha value is -0.850. The first-order valence-electron chi connectivity index (χ1n) is 7.34. The third-order valence-electron chi connectivity index (χ3n) is 3.77. The van der Waals surface area contributed by atoms with Gasteiger partial charge in [0, 0.05) is 37.1 Å². The average Bonchev–Trinajstić information content (AvgIpc) is 2.86. The van der Waals surface area contributed by atoms with E-state index in [1.54, 1.807) is 16.6 Å². The summed E-state index contributed by atoms with van der Waals surface area (Å²) < 4.78 is 26.9. The third-order valence-corrected chi connectivity index (χ3v) is 5.76. The van der Waals surface area contributed by atoms with Gasteiger partial charge in [-0.05, 0) is 25.8 Å². The number of H-pyrrole nitrogens is 1. The van der Waals surface area contributed by atoms with Gasteiger partial charge < -0.3 is 10.3 Å². The molecule has 2 heterocycles. The minimum absolute atomic E-state index is 0.0980. The molecule has 0 radical (unpaired) electrons. The van der Waals surface area contributed by atoms with Gasteiger partial charge in [-0.15, -0.1) is 0 Å². The van der Waals surface area contributed by atoms with Crippen LogP contribution < -0.4 is 5.32 Å². The van der Waals surface area contributed by atoms with E-state index in [0.717, 1.165) is 25.0 Å². The first-order valence-corrected chi connectivity index (χ1v) is 8.78. The van der Waals surface area contributed by atoms with Crippen LogP contribution in [0.2, 0.25) is 0 Å². The minimum Gasteiger partial charge on any atom is -0.363 e. The lowest BCUT2D eigenvalue weighted by Gasteiger charge is -2.31.